The maximum atomic E-state index is 5.69. The molecule has 1 saturated heterocycles. The van der Waals surface area contributed by atoms with E-state index >= 15 is 0 Å². The molecular weight excluding hydrogens is 290 g/mol. The number of pyridine rings is 1. The lowest BCUT2D eigenvalue weighted by atomic mass is 9.93. The number of nitrogens with zero attached hydrogens (tertiary/aromatic N) is 2. The maximum Gasteiger partial charge on any atom is 0.162 e. The second-order valence-corrected chi connectivity index (χ2v) is 6.06. The monoisotopic (exact) mass is 315 g/mol. The van der Waals surface area contributed by atoms with Gasteiger partial charge in [0.2, 0.25) is 0 Å². The number of methoxy groups -OCH3 is 2. The fraction of sp³-hybridized carbons (Fsp3) is 0.500. The first-order chi connectivity index (χ1) is 11.3. The van der Waals surface area contributed by atoms with Crippen LogP contribution in [0.5, 0.6) is 11.5 Å². The van der Waals surface area contributed by atoms with Crippen molar-refractivity contribution in [3.05, 3.63) is 24.4 Å². The van der Waals surface area contributed by atoms with Gasteiger partial charge in [0.1, 0.15) is 0 Å². The Hall–Kier alpha value is -2.01. The number of rotatable bonds is 5. The van der Waals surface area contributed by atoms with E-state index in [4.69, 9.17) is 15.2 Å². The summed E-state index contributed by atoms with van der Waals surface area (Å²) in [6, 6.07) is 6.07. The van der Waals surface area contributed by atoms with Crippen molar-refractivity contribution in [3.63, 3.8) is 0 Å². The molecule has 0 bridgehead atoms. The molecule has 0 radical (unpaired) electrons. The van der Waals surface area contributed by atoms with Gasteiger partial charge in [-0.2, -0.15) is 0 Å². The Morgan fingerprint density at radius 2 is 1.87 bits per heavy atom. The molecule has 23 heavy (non-hydrogen) atoms. The SMILES string of the molecule is COc1cc2nccc(N3CCC(CCN)CC3)c2cc1OC. The Labute approximate surface area is 137 Å². The van der Waals surface area contributed by atoms with Gasteiger partial charge in [0, 0.05) is 36.4 Å². The van der Waals surface area contributed by atoms with Crippen LogP contribution in [-0.4, -0.2) is 38.8 Å². The molecule has 1 aliphatic rings. The molecule has 0 aliphatic carbocycles. The minimum Gasteiger partial charge on any atom is -0.493 e. The second kappa shape index (κ2) is 7.04. The van der Waals surface area contributed by atoms with E-state index in [1.54, 1.807) is 14.2 Å². The predicted octanol–water partition coefficient (Wildman–Crippen LogP) is 2.82. The highest BCUT2D eigenvalue weighted by Gasteiger charge is 2.21. The highest BCUT2D eigenvalue weighted by molar-refractivity contribution is 5.94. The summed E-state index contributed by atoms with van der Waals surface area (Å²) in [5.41, 5.74) is 7.85. The van der Waals surface area contributed by atoms with Gasteiger partial charge in [-0.1, -0.05) is 0 Å². The van der Waals surface area contributed by atoms with Crippen molar-refractivity contribution >= 4 is 16.6 Å². The summed E-state index contributed by atoms with van der Waals surface area (Å²) in [5, 5.41) is 1.11. The van der Waals surface area contributed by atoms with Crippen LogP contribution < -0.4 is 20.1 Å². The molecule has 1 aromatic carbocycles. The third-order valence-electron chi connectivity index (χ3n) is 4.75. The molecule has 0 saturated carbocycles. The van der Waals surface area contributed by atoms with E-state index in [9.17, 15) is 0 Å². The van der Waals surface area contributed by atoms with Crippen molar-refractivity contribution < 1.29 is 9.47 Å². The van der Waals surface area contributed by atoms with E-state index in [0.29, 0.717) is 5.75 Å². The van der Waals surface area contributed by atoms with Crippen LogP contribution in [0.25, 0.3) is 10.9 Å². The van der Waals surface area contributed by atoms with Gasteiger partial charge in [0.05, 0.1) is 19.7 Å². The number of fused-ring (bicyclic) bond motifs is 1. The van der Waals surface area contributed by atoms with Crippen LogP contribution in [0.2, 0.25) is 0 Å². The number of aromatic nitrogens is 1. The fourth-order valence-corrected chi connectivity index (χ4v) is 3.43. The third-order valence-corrected chi connectivity index (χ3v) is 4.75. The standard InChI is InChI=1S/C18H25N3O2/c1-22-17-11-14-15(12-18(17)23-2)20-8-4-16(14)21-9-5-13(3-7-19)6-10-21/h4,8,11-13H,3,5-7,9-10,19H2,1-2H3. The van der Waals surface area contributed by atoms with E-state index in [1.807, 2.05) is 18.3 Å². The van der Waals surface area contributed by atoms with E-state index in [1.165, 1.54) is 18.5 Å². The van der Waals surface area contributed by atoms with Crippen molar-refractivity contribution in [2.45, 2.75) is 19.3 Å². The van der Waals surface area contributed by atoms with Crippen LogP contribution in [0.4, 0.5) is 5.69 Å². The van der Waals surface area contributed by atoms with Gasteiger partial charge in [0.25, 0.3) is 0 Å². The molecule has 124 valence electrons. The first-order valence-corrected chi connectivity index (χ1v) is 8.22. The van der Waals surface area contributed by atoms with E-state index < -0.39 is 0 Å². The maximum absolute atomic E-state index is 5.69. The minimum atomic E-state index is 0.714. The van der Waals surface area contributed by atoms with Crippen molar-refractivity contribution in [1.29, 1.82) is 0 Å². The third kappa shape index (κ3) is 3.20. The topological polar surface area (TPSA) is 60.6 Å². The molecule has 3 rings (SSSR count). The highest BCUT2D eigenvalue weighted by Crippen LogP contribution is 2.36. The van der Waals surface area contributed by atoms with E-state index in [0.717, 1.165) is 48.6 Å². The Balaban J connectivity index is 1.92. The summed E-state index contributed by atoms with van der Waals surface area (Å²) < 4.78 is 10.8. The minimum absolute atomic E-state index is 0.714. The average Bonchev–Trinajstić information content (AvgIpc) is 2.61. The molecule has 1 aromatic heterocycles. The second-order valence-electron chi connectivity index (χ2n) is 6.06. The molecular formula is C18H25N3O2. The number of ether oxygens (including phenoxy) is 2. The van der Waals surface area contributed by atoms with Crippen LogP contribution in [0.15, 0.2) is 24.4 Å². The molecule has 0 spiro atoms. The highest BCUT2D eigenvalue weighted by atomic mass is 16.5. The fourth-order valence-electron chi connectivity index (χ4n) is 3.43. The summed E-state index contributed by atoms with van der Waals surface area (Å²) in [4.78, 5) is 6.93. The molecule has 2 aromatic rings. The van der Waals surface area contributed by atoms with E-state index in [-0.39, 0.29) is 0 Å². The summed E-state index contributed by atoms with van der Waals surface area (Å²) in [6.07, 6.45) is 5.41. The van der Waals surface area contributed by atoms with Gasteiger partial charge < -0.3 is 20.1 Å². The van der Waals surface area contributed by atoms with Gasteiger partial charge in [-0.05, 0) is 43.9 Å². The molecule has 2 N–H and O–H groups in total. The van der Waals surface area contributed by atoms with Gasteiger partial charge in [-0.15, -0.1) is 0 Å². The molecule has 2 heterocycles. The Bertz CT molecular complexity index is 667. The smallest absolute Gasteiger partial charge is 0.162 e. The lowest BCUT2D eigenvalue weighted by molar-refractivity contribution is 0.355. The Kier molecular flexibility index (Phi) is 4.86. The summed E-state index contributed by atoms with van der Waals surface area (Å²) in [7, 11) is 3.31. The van der Waals surface area contributed by atoms with Crippen molar-refractivity contribution in [3.8, 4) is 11.5 Å². The largest absolute Gasteiger partial charge is 0.493 e. The Morgan fingerprint density at radius 3 is 2.52 bits per heavy atom. The first-order valence-electron chi connectivity index (χ1n) is 8.22. The number of hydrogen-bond donors (Lipinski definition) is 1. The predicted molar refractivity (Wildman–Crippen MR) is 93.5 cm³/mol. The molecule has 1 aliphatic heterocycles. The molecule has 0 amide bonds. The molecule has 5 heteroatoms. The average molecular weight is 315 g/mol. The zero-order chi connectivity index (χ0) is 16.2. The van der Waals surface area contributed by atoms with Crippen LogP contribution in [0.3, 0.4) is 0 Å². The number of anilines is 1. The number of benzene rings is 1. The van der Waals surface area contributed by atoms with Gasteiger partial charge in [0.15, 0.2) is 11.5 Å². The van der Waals surface area contributed by atoms with Crippen LogP contribution in [-0.2, 0) is 0 Å². The Morgan fingerprint density at radius 1 is 1.17 bits per heavy atom. The lowest BCUT2D eigenvalue weighted by Crippen LogP contribution is -2.34. The van der Waals surface area contributed by atoms with Gasteiger partial charge in [-0.3, -0.25) is 4.98 Å². The van der Waals surface area contributed by atoms with Crippen molar-refractivity contribution in [2.75, 3.05) is 38.8 Å². The summed E-state index contributed by atoms with van der Waals surface area (Å²) >= 11 is 0. The van der Waals surface area contributed by atoms with Gasteiger partial charge in [-0.25, -0.2) is 0 Å². The molecule has 0 unspecified atom stereocenters. The summed E-state index contributed by atoms with van der Waals surface area (Å²) in [5.74, 6) is 2.22. The first kappa shape index (κ1) is 15.9. The van der Waals surface area contributed by atoms with Crippen LogP contribution >= 0.6 is 0 Å². The quantitative estimate of drug-likeness (QED) is 0.919. The zero-order valence-corrected chi connectivity index (χ0v) is 13.9. The van der Waals surface area contributed by atoms with Gasteiger partial charge >= 0.3 is 0 Å². The van der Waals surface area contributed by atoms with Crippen LogP contribution in [0, 0.1) is 5.92 Å². The van der Waals surface area contributed by atoms with Crippen molar-refractivity contribution in [1.82, 2.24) is 4.98 Å². The zero-order valence-electron chi connectivity index (χ0n) is 13.9. The van der Waals surface area contributed by atoms with E-state index in [2.05, 4.69) is 16.0 Å². The molecule has 5 nitrogen and oxygen atoms in total. The summed E-state index contributed by atoms with van der Waals surface area (Å²) in [6.45, 7) is 2.93. The molecule has 0 atom stereocenters. The lowest BCUT2D eigenvalue weighted by Gasteiger charge is -2.34. The number of piperidine rings is 1. The molecule has 1 fully saturated rings. The normalized spacial score (nSPS) is 15.9. The number of hydrogen-bond acceptors (Lipinski definition) is 5. The van der Waals surface area contributed by atoms with Crippen molar-refractivity contribution in [2.24, 2.45) is 11.7 Å². The van der Waals surface area contributed by atoms with Crippen LogP contribution in [0.1, 0.15) is 19.3 Å². The number of nitrogens with two attached hydrogens (primary N) is 1.